The van der Waals surface area contributed by atoms with Gasteiger partial charge >= 0.3 is 27.7 Å². The SMILES string of the molecule is [CH2][C]1[C](C)Nc2ccccc21.[Cl][Pd+].c1ccc(P(CCCP(c2ccccc2)c2ccccc2)c2ccccc2)cc1. The molecule has 42 heavy (non-hydrogen) atoms. The van der Waals surface area contributed by atoms with Crippen LogP contribution in [-0.4, -0.2) is 12.3 Å². The van der Waals surface area contributed by atoms with Gasteiger partial charge in [-0.3, -0.25) is 0 Å². The van der Waals surface area contributed by atoms with Gasteiger partial charge in [0, 0.05) is 11.6 Å². The minimum absolute atomic E-state index is 0.309. The summed E-state index contributed by atoms with van der Waals surface area (Å²) in [5, 5.41) is 9.20. The van der Waals surface area contributed by atoms with E-state index in [2.05, 4.69) is 173 Å². The first-order chi connectivity index (χ1) is 20.7. The second-order valence-electron chi connectivity index (χ2n) is 9.77. The maximum atomic E-state index is 4.49. The Kier molecular flexibility index (Phi) is 13.8. The molecule has 0 saturated heterocycles. The van der Waals surface area contributed by atoms with E-state index >= 15 is 0 Å². The summed E-state index contributed by atoms with van der Waals surface area (Å²) >= 11 is 2.22. The third kappa shape index (κ3) is 9.11. The molecule has 5 aromatic carbocycles. The average Bonchev–Trinajstić information content (AvgIpc) is 3.37. The topological polar surface area (TPSA) is 12.0 Å². The molecule has 0 bridgehead atoms. The van der Waals surface area contributed by atoms with Crippen LogP contribution in [0, 0.1) is 18.9 Å². The largest absolute Gasteiger partial charge is 0.0622 e. The van der Waals surface area contributed by atoms with Crippen LogP contribution in [0.25, 0.3) is 0 Å². The number of anilines is 1. The van der Waals surface area contributed by atoms with Crippen LogP contribution in [0.2, 0.25) is 0 Å². The zero-order valence-corrected chi connectivity index (χ0v) is 27.9. The van der Waals surface area contributed by atoms with Crippen molar-refractivity contribution in [2.45, 2.75) is 13.3 Å². The molecule has 5 aromatic rings. The number of para-hydroxylation sites is 1. The predicted octanol–water partition coefficient (Wildman–Crippen LogP) is 8.75. The molecule has 0 spiro atoms. The van der Waals surface area contributed by atoms with E-state index in [4.69, 9.17) is 0 Å². The van der Waals surface area contributed by atoms with Gasteiger partial charge in [0.25, 0.3) is 0 Å². The van der Waals surface area contributed by atoms with Gasteiger partial charge in [0.15, 0.2) is 0 Å². The predicted molar refractivity (Wildman–Crippen MR) is 185 cm³/mol. The molecule has 0 fully saturated rings. The molecule has 0 aliphatic carbocycles. The molecule has 1 nitrogen and oxygen atoms in total. The molecule has 0 aromatic heterocycles. The minimum atomic E-state index is -0.309. The molecular weight excluding hydrogens is 662 g/mol. The first kappa shape index (κ1) is 32.6. The van der Waals surface area contributed by atoms with E-state index in [1.54, 1.807) is 0 Å². The zero-order chi connectivity index (χ0) is 29.6. The monoisotopic (exact) mass is 697 g/mol. The van der Waals surface area contributed by atoms with Gasteiger partial charge in [-0.2, -0.15) is 0 Å². The molecule has 0 atom stereocenters. The first-order valence-electron chi connectivity index (χ1n) is 14.0. The third-order valence-electron chi connectivity index (χ3n) is 7.06. The first-order valence-corrected chi connectivity index (χ1v) is 19.0. The van der Waals surface area contributed by atoms with Crippen molar-refractivity contribution in [1.82, 2.24) is 0 Å². The summed E-state index contributed by atoms with van der Waals surface area (Å²) in [6.07, 6.45) is 3.72. The molecule has 6 rings (SSSR count). The van der Waals surface area contributed by atoms with E-state index in [0.29, 0.717) is 0 Å². The second-order valence-corrected chi connectivity index (χ2v) is 14.4. The molecular formula is C37H36ClNP2Pd+. The number of rotatable bonds is 8. The van der Waals surface area contributed by atoms with E-state index in [1.807, 2.05) is 19.1 Å². The van der Waals surface area contributed by atoms with Gasteiger partial charge in [-0.1, -0.05) is 140 Å². The summed E-state index contributed by atoms with van der Waals surface area (Å²) in [6.45, 7) is 6.02. The Morgan fingerprint density at radius 2 is 0.881 bits per heavy atom. The number of halogens is 1. The summed E-state index contributed by atoms with van der Waals surface area (Å²) < 4.78 is 0. The fourth-order valence-electron chi connectivity index (χ4n) is 4.97. The van der Waals surface area contributed by atoms with Crippen molar-refractivity contribution in [2.24, 2.45) is 0 Å². The summed E-state index contributed by atoms with van der Waals surface area (Å²) in [7, 11) is 3.87. The molecule has 1 aliphatic heterocycles. The Hall–Kier alpha value is -2.29. The summed E-state index contributed by atoms with van der Waals surface area (Å²) in [5.41, 5.74) is 2.40. The van der Waals surface area contributed by atoms with Crippen LogP contribution in [0.15, 0.2) is 146 Å². The van der Waals surface area contributed by atoms with Gasteiger partial charge in [-0.05, 0) is 81.3 Å². The quantitative estimate of drug-likeness (QED) is 0.126. The third-order valence-corrected chi connectivity index (χ3v) is 12.3. The molecule has 1 N–H and O–H groups in total. The molecule has 0 saturated carbocycles. The van der Waals surface area contributed by atoms with Gasteiger partial charge in [-0.15, -0.1) is 0 Å². The fraction of sp³-hybridized carbons (Fsp3) is 0.108. The van der Waals surface area contributed by atoms with E-state index in [0.717, 1.165) is 12.0 Å². The zero-order valence-electron chi connectivity index (χ0n) is 23.8. The van der Waals surface area contributed by atoms with E-state index in [9.17, 15) is 0 Å². The molecule has 215 valence electrons. The minimum Gasteiger partial charge on any atom is -0.0622 e. The van der Waals surface area contributed by atoms with Gasteiger partial charge in [0.2, 0.25) is 0 Å². The van der Waals surface area contributed by atoms with E-state index in [-0.39, 0.29) is 15.8 Å². The van der Waals surface area contributed by atoms with Gasteiger partial charge in [-0.25, -0.2) is 0 Å². The van der Waals surface area contributed by atoms with Crippen molar-refractivity contribution in [3.8, 4) is 0 Å². The van der Waals surface area contributed by atoms with Crippen LogP contribution in [0.5, 0.6) is 0 Å². The van der Waals surface area contributed by atoms with Crippen molar-refractivity contribution >= 4 is 52.3 Å². The Morgan fingerprint density at radius 1 is 0.548 bits per heavy atom. The maximum absolute atomic E-state index is 4.49. The van der Waals surface area contributed by atoms with Crippen LogP contribution < -0.4 is 26.5 Å². The van der Waals surface area contributed by atoms with Crippen LogP contribution in [-0.2, 0) is 18.2 Å². The smallest absolute Gasteiger partial charge is 0.0195 e. The normalized spacial score (nSPS) is 12.5. The van der Waals surface area contributed by atoms with Crippen molar-refractivity contribution in [3.05, 3.63) is 170 Å². The molecule has 0 amide bonds. The van der Waals surface area contributed by atoms with Crippen LogP contribution >= 0.6 is 25.4 Å². The standard InChI is InChI=1S/C27H26P2.C10H10N.ClH.Pd/c1-5-14-24(15-6-1)28(25-16-7-2-8-17-25)22-13-23-29(26-18-9-3-10-19-26)27-20-11-4-12-21-27;1-7-8(2)11-10-6-4-3-5-9(7)10;;/h1-12,14-21H,13,22-23H2;3-6,11H,1H2,2H3;1H;/q;;;+2/p-1. The van der Waals surface area contributed by atoms with Gasteiger partial charge in [0.05, 0.1) is 6.04 Å². The molecule has 1 aliphatic rings. The van der Waals surface area contributed by atoms with E-state index < -0.39 is 0 Å². The molecule has 0 unspecified atom stereocenters. The van der Waals surface area contributed by atoms with Gasteiger partial charge < -0.3 is 5.32 Å². The molecule has 3 radical (unpaired) electrons. The Balaban J connectivity index is 0.000000259. The number of benzene rings is 5. The van der Waals surface area contributed by atoms with Crippen molar-refractivity contribution < 1.29 is 18.2 Å². The number of hydrogen-bond acceptors (Lipinski definition) is 1. The molecule has 1 heterocycles. The average molecular weight is 699 g/mol. The van der Waals surface area contributed by atoms with Crippen LogP contribution in [0.3, 0.4) is 0 Å². The summed E-state index contributed by atoms with van der Waals surface area (Å²) in [4.78, 5) is 0. The Labute approximate surface area is 270 Å². The van der Waals surface area contributed by atoms with E-state index in [1.165, 1.54) is 51.2 Å². The van der Waals surface area contributed by atoms with Crippen LogP contribution in [0.1, 0.15) is 18.9 Å². The number of hydrogen-bond donors (Lipinski definition) is 1. The van der Waals surface area contributed by atoms with Crippen molar-refractivity contribution in [2.75, 3.05) is 17.6 Å². The second kappa shape index (κ2) is 17.7. The summed E-state index contributed by atoms with van der Waals surface area (Å²) in [5.74, 6) is 1.11. The number of nitrogens with one attached hydrogen (secondary N) is 1. The Morgan fingerprint density at radius 3 is 1.24 bits per heavy atom. The van der Waals surface area contributed by atoms with Crippen molar-refractivity contribution in [3.63, 3.8) is 0 Å². The Bertz CT molecular complexity index is 1280. The fourth-order valence-corrected chi connectivity index (χ4v) is 9.92. The summed E-state index contributed by atoms with van der Waals surface area (Å²) in [6, 6.07) is 53.6. The number of fused-ring (bicyclic) bond motifs is 1. The maximum Gasteiger partial charge on any atom is -0.0195 e. The van der Waals surface area contributed by atoms with Gasteiger partial charge in [0.1, 0.15) is 0 Å². The van der Waals surface area contributed by atoms with Crippen molar-refractivity contribution in [1.29, 1.82) is 0 Å². The van der Waals surface area contributed by atoms with Crippen LogP contribution in [0.4, 0.5) is 5.69 Å². The molecule has 5 heteroatoms.